The number of hydrogen-bond acceptors (Lipinski definition) is 5. The number of methoxy groups -OCH3 is 1. The van der Waals surface area contributed by atoms with Crippen molar-refractivity contribution in [3.63, 3.8) is 0 Å². The van der Waals surface area contributed by atoms with Crippen molar-refractivity contribution in [1.29, 1.82) is 0 Å². The molecule has 0 spiro atoms. The zero-order valence-electron chi connectivity index (χ0n) is 12.3. The molecule has 0 saturated heterocycles. The van der Waals surface area contributed by atoms with Crippen LogP contribution in [0.3, 0.4) is 0 Å². The monoisotopic (exact) mass is 282 g/mol. The summed E-state index contributed by atoms with van der Waals surface area (Å²) in [6.45, 7) is 7.84. The fraction of sp³-hybridized carbons (Fsp3) is 0.571. The molecular weight excluding hydrogens is 260 g/mol. The standard InChI is InChI=1S/C14H22N2O4/c1-4-15(5-2)9-6-10-20-13-8-7-12(16(17)18)11-14(13)19-3/h7-8,11H,4-6,9-10H2,1-3H3. The van der Waals surface area contributed by atoms with Crippen molar-refractivity contribution < 1.29 is 14.4 Å². The van der Waals surface area contributed by atoms with E-state index >= 15 is 0 Å². The van der Waals surface area contributed by atoms with Gasteiger partial charge >= 0.3 is 0 Å². The predicted molar refractivity (Wildman–Crippen MR) is 77.5 cm³/mol. The first-order valence-corrected chi connectivity index (χ1v) is 6.79. The van der Waals surface area contributed by atoms with E-state index in [0.717, 1.165) is 26.1 Å². The van der Waals surface area contributed by atoms with Crippen LogP contribution in [0.2, 0.25) is 0 Å². The molecule has 0 aromatic heterocycles. The van der Waals surface area contributed by atoms with Crippen LogP contribution >= 0.6 is 0 Å². The second-order valence-electron chi connectivity index (χ2n) is 4.32. The fourth-order valence-electron chi connectivity index (χ4n) is 1.90. The van der Waals surface area contributed by atoms with Crippen molar-refractivity contribution in [2.24, 2.45) is 0 Å². The molecule has 0 N–H and O–H groups in total. The van der Waals surface area contributed by atoms with E-state index in [4.69, 9.17) is 9.47 Å². The lowest BCUT2D eigenvalue weighted by molar-refractivity contribution is -0.384. The summed E-state index contributed by atoms with van der Waals surface area (Å²) < 4.78 is 10.7. The van der Waals surface area contributed by atoms with E-state index in [9.17, 15) is 10.1 Å². The molecular formula is C14H22N2O4. The average molecular weight is 282 g/mol. The highest BCUT2D eigenvalue weighted by molar-refractivity contribution is 5.48. The summed E-state index contributed by atoms with van der Waals surface area (Å²) in [4.78, 5) is 12.5. The van der Waals surface area contributed by atoms with Crippen molar-refractivity contribution in [2.45, 2.75) is 20.3 Å². The molecule has 20 heavy (non-hydrogen) atoms. The van der Waals surface area contributed by atoms with E-state index in [1.807, 2.05) is 0 Å². The Labute approximate surface area is 119 Å². The highest BCUT2D eigenvalue weighted by atomic mass is 16.6. The summed E-state index contributed by atoms with van der Waals surface area (Å²) in [5.74, 6) is 0.930. The molecule has 0 atom stereocenters. The van der Waals surface area contributed by atoms with Crippen molar-refractivity contribution >= 4 is 5.69 Å². The van der Waals surface area contributed by atoms with E-state index in [2.05, 4.69) is 18.7 Å². The highest BCUT2D eigenvalue weighted by Gasteiger charge is 2.12. The van der Waals surface area contributed by atoms with Crippen LogP contribution in [0.25, 0.3) is 0 Å². The third kappa shape index (κ3) is 4.70. The van der Waals surface area contributed by atoms with Crippen LogP contribution in [0, 0.1) is 10.1 Å². The number of rotatable bonds is 9. The van der Waals surface area contributed by atoms with E-state index in [1.165, 1.54) is 19.2 Å². The van der Waals surface area contributed by atoms with Crippen LogP contribution in [-0.4, -0.2) is 43.2 Å². The number of hydrogen-bond donors (Lipinski definition) is 0. The number of benzene rings is 1. The molecule has 0 radical (unpaired) electrons. The van der Waals surface area contributed by atoms with E-state index < -0.39 is 4.92 Å². The Bertz CT molecular complexity index is 433. The minimum absolute atomic E-state index is 0.00246. The lowest BCUT2D eigenvalue weighted by Gasteiger charge is -2.18. The summed E-state index contributed by atoms with van der Waals surface area (Å²) in [5.41, 5.74) is -0.00246. The number of nitro groups is 1. The summed E-state index contributed by atoms with van der Waals surface area (Å²) in [5, 5.41) is 10.7. The molecule has 1 aromatic carbocycles. The van der Waals surface area contributed by atoms with Crippen molar-refractivity contribution in [1.82, 2.24) is 4.90 Å². The van der Waals surface area contributed by atoms with Crippen molar-refractivity contribution in [3.8, 4) is 11.5 Å². The molecule has 1 rings (SSSR count). The van der Waals surface area contributed by atoms with Gasteiger partial charge in [-0.2, -0.15) is 0 Å². The van der Waals surface area contributed by atoms with Gasteiger partial charge in [0, 0.05) is 12.6 Å². The van der Waals surface area contributed by atoms with Crippen LogP contribution in [-0.2, 0) is 0 Å². The van der Waals surface area contributed by atoms with Gasteiger partial charge in [0.25, 0.3) is 5.69 Å². The first kappa shape index (κ1) is 16.2. The molecule has 0 bridgehead atoms. The van der Waals surface area contributed by atoms with Gasteiger partial charge in [0.1, 0.15) is 0 Å². The first-order chi connectivity index (χ1) is 9.62. The van der Waals surface area contributed by atoms with Gasteiger partial charge in [-0.3, -0.25) is 10.1 Å². The van der Waals surface area contributed by atoms with Crippen LogP contribution in [0.15, 0.2) is 18.2 Å². The lowest BCUT2D eigenvalue weighted by Crippen LogP contribution is -2.25. The Morgan fingerprint density at radius 3 is 2.50 bits per heavy atom. The third-order valence-electron chi connectivity index (χ3n) is 3.13. The first-order valence-electron chi connectivity index (χ1n) is 6.79. The smallest absolute Gasteiger partial charge is 0.273 e. The van der Waals surface area contributed by atoms with Crippen LogP contribution < -0.4 is 9.47 Å². The second-order valence-corrected chi connectivity index (χ2v) is 4.32. The zero-order valence-corrected chi connectivity index (χ0v) is 12.3. The molecule has 6 nitrogen and oxygen atoms in total. The SMILES string of the molecule is CCN(CC)CCCOc1ccc([N+](=O)[O-])cc1OC. The fourth-order valence-corrected chi connectivity index (χ4v) is 1.90. The number of nitrogens with zero attached hydrogens (tertiary/aromatic N) is 2. The van der Waals surface area contributed by atoms with Gasteiger partial charge in [0.2, 0.25) is 0 Å². The predicted octanol–water partition coefficient (Wildman–Crippen LogP) is 2.71. The maximum absolute atomic E-state index is 10.7. The molecule has 0 heterocycles. The third-order valence-corrected chi connectivity index (χ3v) is 3.13. The molecule has 0 saturated carbocycles. The van der Waals surface area contributed by atoms with Crippen LogP contribution in [0.1, 0.15) is 20.3 Å². The number of non-ortho nitro benzene ring substituents is 1. The number of ether oxygens (including phenoxy) is 2. The quantitative estimate of drug-likeness (QED) is 0.396. The Morgan fingerprint density at radius 2 is 1.95 bits per heavy atom. The van der Waals surface area contributed by atoms with Crippen LogP contribution in [0.4, 0.5) is 5.69 Å². The Hall–Kier alpha value is -1.82. The van der Waals surface area contributed by atoms with Gasteiger partial charge in [0.15, 0.2) is 11.5 Å². The molecule has 0 fully saturated rings. The maximum Gasteiger partial charge on any atom is 0.273 e. The van der Waals surface area contributed by atoms with Gasteiger partial charge in [-0.15, -0.1) is 0 Å². The van der Waals surface area contributed by atoms with Crippen molar-refractivity contribution in [2.75, 3.05) is 33.4 Å². The largest absolute Gasteiger partial charge is 0.493 e. The second kappa shape index (κ2) is 8.37. The molecule has 1 aromatic rings. The van der Waals surface area contributed by atoms with Crippen LogP contribution in [0.5, 0.6) is 11.5 Å². The van der Waals surface area contributed by atoms with Gasteiger partial charge in [0.05, 0.1) is 24.7 Å². The Morgan fingerprint density at radius 1 is 1.25 bits per heavy atom. The maximum atomic E-state index is 10.7. The molecule has 0 aliphatic carbocycles. The van der Waals surface area contributed by atoms with Gasteiger partial charge in [-0.25, -0.2) is 0 Å². The Balaban J connectivity index is 2.53. The molecule has 0 unspecified atom stereocenters. The summed E-state index contributed by atoms with van der Waals surface area (Å²) >= 11 is 0. The summed E-state index contributed by atoms with van der Waals surface area (Å²) in [7, 11) is 1.47. The molecule has 6 heteroatoms. The van der Waals surface area contributed by atoms with E-state index in [1.54, 1.807) is 6.07 Å². The Kier molecular flexibility index (Phi) is 6.79. The van der Waals surface area contributed by atoms with Gasteiger partial charge in [-0.1, -0.05) is 13.8 Å². The van der Waals surface area contributed by atoms with Gasteiger partial charge in [-0.05, 0) is 25.6 Å². The minimum atomic E-state index is -0.452. The molecule has 0 amide bonds. The van der Waals surface area contributed by atoms with Gasteiger partial charge < -0.3 is 14.4 Å². The average Bonchev–Trinajstić information content (AvgIpc) is 2.47. The molecule has 0 aliphatic rings. The topological polar surface area (TPSA) is 64.8 Å². The number of nitro benzene ring substituents is 1. The van der Waals surface area contributed by atoms with Crippen molar-refractivity contribution in [3.05, 3.63) is 28.3 Å². The van der Waals surface area contributed by atoms with E-state index in [-0.39, 0.29) is 5.69 Å². The normalized spacial score (nSPS) is 10.6. The zero-order chi connectivity index (χ0) is 15.0. The highest BCUT2D eigenvalue weighted by Crippen LogP contribution is 2.31. The lowest BCUT2D eigenvalue weighted by atomic mass is 10.3. The molecule has 0 aliphatic heterocycles. The molecule has 112 valence electrons. The summed E-state index contributed by atoms with van der Waals surface area (Å²) in [6, 6.07) is 4.37. The van der Waals surface area contributed by atoms with E-state index in [0.29, 0.717) is 18.1 Å². The summed E-state index contributed by atoms with van der Waals surface area (Å²) in [6.07, 6.45) is 0.905. The minimum Gasteiger partial charge on any atom is -0.493 e.